The van der Waals surface area contributed by atoms with E-state index in [-0.39, 0.29) is 12.5 Å². The summed E-state index contributed by atoms with van der Waals surface area (Å²) in [6.07, 6.45) is 3.06. The molecule has 2 rings (SSSR count). The summed E-state index contributed by atoms with van der Waals surface area (Å²) in [5, 5.41) is 9.90. The molecule has 0 saturated heterocycles. The van der Waals surface area contributed by atoms with Crippen LogP contribution in [-0.4, -0.2) is 20.9 Å². The highest BCUT2D eigenvalue weighted by Crippen LogP contribution is 2.23. The van der Waals surface area contributed by atoms with Gasteiger partial charge in [0.1, 0.15) is 12.4 Å². The van der Waals surface area contributed by atoms with Crippen LogP contribution in [-0.2, 0) is 11.3 Å². The zero-order chi connectivity index (χ0) is 13.1. The Morgan fingerprint density at radius 3 is 3.00 bits per heavy atom. The first kappa shape index (κ1) is 12.7. The van der Waals surface area contributed by atoms with E-state index in [2.05, 4.69) is 31.6 Å². The van der Waals surface area contributed by atoms with Crippen LogP contribution < -0.4 is 5.32 Å². The molecule has 94 valence electrons. The highest BCUT2D eigenvalue weighted by atomic mass is 79.9. The van der Waals surface area contributed by atoms with Gasteiger partial charge >= 0.3 is 0 Å². The van der Waals surface area contributed by atoms with Crippen molar-refractivity contribution in [3.63, 3.8) is 0 Å². The van der Waals surface area contributed by atoms with Crippen molar-refractivity contribution in [2.45, 2.75) is 13.5 Å². The van der Waals surface area contributed by atoms with Crippen LogP contribution in [0, 0.1) is 12.7 Å². The fraction of sp³-hybridized carbons (Fsp3) is 0.182. The maximum absolute atomic E-state index is 13.4. The summed E-state index contributed by atoms with van der Waals surface area (Å²) in [5.41, 5.74) is 1.22. The van der Waals surface area contributed by atoms with Gasteiger partial charge in [0.05, 0.1) is 10.7 Å². The predicted molar refractivity (Wildman–Crippen MR) is 67.5 cm³/mol. The molecule has 0 aliphatic heterocycles. The van der Waals surface area contributed by atoms with Gasteiger partial charge in [-0.1, -0.05) is 5.21 Å². The van der Waals surface area contributed by atoms with Crippen molar-refractivity contribution in [1.29, 1.82) is 0 Å². The molecule has 0 bridgehead atoms. The molecule has 1 N–H and O–H groups in total. The zero-order valence-electron chi connectivity index (χ0n) is 9.52. The Kier molecular flexibility index (Phi) is 3.71. The number of nitrogens with zero attached hydrogens (tertiary/aromatic N) is 3. The third-order valence-electron chi connectivity index (χ3n) is 2.32. The van der Waals surface area contributed by atoms with E-state index in [0.29, 0.717) is 10.2 Å². The quantitative estimate of drug-likeness (QED) is 0.944. The average Bonchev–Trinajstić information content (AvgIpc) is 2.78. The Morgan fingerprint density at radius 2 is 2.33 bits per heavy atom. The largest absolute Gasteiger partial charge is 0.324 e. The molecule has 7 heteroatoms. The standard InChI is InChI=1S/C11H10BrFN4O/c1-7-4-8(12)9(13)5-10(7)15-11(18)6-17-3-2-14-16-17/h2-5H,6H2,1H3,(H,15,18). The number of aromatic nitrogens is 3. The first-order valence-corrected chi connectivity index (χ1v) is 5.95. The predicted octanol–water partition coefficient (Wildman–Crippen LogP) is 2.13. The Morgan fingerprint density at radius 1 is 1.56 bits per heavy atom. The molecule has 0 spiro atoms. The molecular formula is C11H10BrFN4O. The summed E-state index contributed by atoms with van der Waals surface area (Å²) < 4.78 is 15.1. The first-order valence-electron chi connectivity index (χ1n) is 5.16. The number of halogens is 2. The van der Waals surface area contributed by atoms with Gasteiger partial charge in [-0.25, -0.2) is 9.07 Å². The number of anilines is 1. The summed E-state index contributed by atoms with van der Waals surface area (Å²) in [6.45, 7) is 1.83. The van der Waals surface area contributed by atoms with Crippen LogP contribution in [0.2, 0.25) is 0 Å². The Balaban J connectivity index is 2.09. The molecule has 0 atom stereocenters. The Hall–Kier alpha value is -1.76. The van der Waals surface area contributed by atoms with Gasteiger partial charge in [-0.2, -0.15) is 0 Å². The molecule has 0 aliphatic carbocycles. The first-order chi connectivity index (χ1) is 8.56. The van der Waals surface area contributed by atoms with E-state index in [9.17, 15) is 9.18 Å². The highest BCUT2D eigenvalue weighted by Gasteiger charge is 2.09. The second-order valence-corrected chi connectivity index (χ2v) is 4.58. The molecular weight excluding hydrogens is 303 g/mol. The van der Waals surface area contributed by atoms with Crippen LogP contribution in [0.5, 0.6) is 0 Å². The minimum Gasteiger partial charge on any atom is -0.324 e. The number of amides is 1. The molecule has 1 aromatic carbocycles. The van der Waals surface area contributed by atoms with Gasteiger partial charge in [-0.15, -0.1) is 5.10 Å². The number of hydrogen-bond acceptors (Lipinski definition) is 3. The van der Waals surface area contributed by atoms with Gasteiger partial charge in [0, 0.05) is 11.9 Å². The molecule has 0 fully saturated rings. The SMILES string of the molecule is Cc1cc(Br)c(F)cc1NC(=O)Cn1ccnn1. The summed E-state index contributed by atoms with van der Waals surface area (Å²) in [4.78, 5) is 11.7. The molecule has 0 radical (unpaired) electrons. The van der Waals surface area contributed by atoms with Gasteiger partial charge in [-0.3, -0.25) is 4.79 Å². The van der Waals surface area contributed by atoms with Gasteiger partial charge < -0.3 is 5.32 Å². The third-order valence-corrected chi connectivity index (χ3v) is 2.93. The van der Waals surface area contributed by atoms with Crippen LogP contribution >= 0.6 is 15.9 Å². The number of hydrogen-bond donors (Lipinski definition) is 1. The van der Waals surface area contributed by atoms with Gasteiger partial charge in [0.15, 0.2) is 0 Å². The van der Waals surface area contributed by atoms with E-state index in [1.165, 1.54) is 16.9 Å². The molecule has 0 saturated carbocycles. The maximum Gasteiger partial charge on any atom is 0.246 e. The smallest absolute Gasteiger partial charge is 0.246 e. The number of aryl methyl sites for hydroxylation is 1. The van der Waals surface area contributed by atoms with Gasteiger partial charge in [-0.05, 0) is 40.5 Å². The monoisotopic (exact) mass is 312 g/mol. The lowest BCUT2D eigenvalue weighted by atomic mass is 10.2. The fourth-order valence-corrected chi connectivity index (χ4v) is 1.89. The Bertz CT molecular complexity index is 571. The van der Waals surface area contributed by atoms with Crippen LogP contribution in [0.25, 0.3) is 0 Å². The summed E-state index contributed by atoms with van der Waals surface area (Å²) in [6, 6.07) is 2.89. The van der Waals surface area contributed by atoms with Crippen molar-refractivity contribution in [2.24, 2.45) is 0 Å². The third kappa shape index (κ3) is 2.92. The number of nitrogens with one attached hydrogen (secondary N) is 1. The molecule has 0 unspecified atom stereocenters. The molecule has 1 heterocycles. The van der Waals surface area contributed by atoms with E-state index in [0.717, 1.165) is 5.56 Å². The van der Waals surface area contributed by atoms with Crippen molar-refractivity contribution in [2.75, 3.05) is 5.32 Å². The number of carbonyl (C=O) groups excluding carboxylic acids is 1. The summed E-state index contributed by atoms with van der Waals surface area (Å²) >= 11 is 3.08. The van der Waals surface area contributed by atoms with Crippen LogP contribution in [0.15, 0.2) is 29.0 Å². The normalized spacial score (nSPS) is 10.4. The maximum atomic E-state index is 13.4. The number of carbonyl (C=O) groups is 1. The highest BCUT2D eigenvalue weighted by molar-refractivity contribution is 9.10. The van der Waals surface area contributed by atoms with Crippen molar-refractivity contribution in [1.82, 2.24) is 15.0 Å². The fourth-order valence-electron chi connectivity index (χ4n) is 1.43. The van der Waals surface area contributed by atoms with Crippen molar-refractivity contribution in [3.05, 3.63) is 40.4 Å². The summed E-state index contributed by atoms with van der Waals surface area (Å²) in [5.74, 6) is -0.707. The molecule has 5 nitrogen and oxygen atoms in total. The molecule has 2 aromatic rings. The average molecular weight is 313 g/mol. The van der Waals surface area contributed by atoms with Crippen molar-refractivity contribution < 1.29 is 9.18 Å². The lowest BCUT2D eigenvalue weighted by Crippen LogP contribution is -2.19. The second kappa shape index (κ2) is 5.26. The lowest BCUT2D eigenvalue weighted by Gasteiger charge is -2.09. The second-order valence-electron chi connectivity index (χ2n) is 3.73. The molecule has 0 aliphatic rings. The van der Waals surface area contributed by atoms with Crippen LogP contribution in [0.4, 0.5) is 10.1 Å². The minimum atomic E-state index is -0.420. The van der Waals surface area contributed by atoms with E-state index >= 15 is 0 Å². The van der Waals surface area contributed by atoms with Crippen molar-refractivity contribution >= 4 is 27.5 Å². The minimum absolute atomic E-state index is 0.0388. The molecule has 1 amide bonds. The van der Waals surface area contributed by atoms with Gasteiger partial charge in [0.25, 0.3) is 0 Å². The van der Waals surface area contributed by atoms with Crippen LogP contribution in [0.1, 0.15) is 5.56 Å². The lowest BCUT2D eigenvalue weighted by molar-refractivity contribution is -0.116. The van der Waals surface area contributed by atoms with E-state index in [4.69, 9.17) is 0 Å². The van der Waals surface area contributed by atoms with E-state index < -0.39 is 5.82 Å². The van der Waals surface area contributed by atoms with Crippen LogP contribution in [0.3, 0.4) is 0 Å². The summed E-state index contributed by atoms with van der Waals surface area (Å²) in [7, 11) is 0. The number of rotatable bonds is 3. The van der Waals surface area contributed by atoms with E-state index in [1.807, 2.05) is 0 Å². The Labute approximate surface area is 111 Å². The van der Waals surface area contributed by atoms with Gasteiger partial charge in [0.2, 0.25) is 5.91 Å². The van der Waals surface area contributed by atoms with Crippen molar-refractivity contribution in [3.8, 4) is 0 Å². The molecule has 1 aromatic heterocycles. The van der Waals surface area contributed by atoms with E-state index in [1.54, 1.807) is 19.2 Å². The topological polar surface area (TPSA) is 59.8 Å². The number of benzene rings is 1. The molecule has 18 heavy (non-hydrogen) atoms. The zero-order valence-corrected chi connectivity index (χ0v) is 11.1.